The fraction of sp³-hybridized carbons (Fsp3) is 0.176. The third kappa shape index (κ3) is 2.05. The van der Waals surface area contributed by atoms with Gasteiger partial charge in [0.05, 0.1) is 16.0 Å². The maximum absolute atomic E-state index is 11.5. The van der Waals surface area contributed by atoms with Crippen molar-refractivity contribution < 1.29 is 4.92 Å². The molecule has 4 rings (SSSR count). The van der Waals surface area contributed by atoms with Crippen LogP contribution in [-0.2, 0) is 6.54 Å². The molecule has 0 amide bonds. The summed E-state index contributed by atoms with van der Waals surface area (Å²) < 4.78 is 3.83. The number of aryl methyl sites for hydroxylation is 2. The number of hydrogen-bond acceptors (Lipinski definition) is 4. The molecule has 3 aromatic heterocycles. The largest absolute Gasteiger partial charge is 0.339 e. The lowest BCUT2D eigenvalue weighted by Crippen LogP contribution is -2.03. The average Bonchev–Trinajstić information content (AvgIpc) is 3.09. The molecule has 120 valence electrons. The van der Waals surface area contributed by atoms with E-state index in [0.29, 0.717) is 12.4 Å². The summed E-state index contributed by atoms with van der Waals surface area (Å²) in [6.07, 6.45) is 0. The molecule has 0 aliphatic heterocycles. The predicted molar refractivity (Wildman–Crippen MR) is 90.2 cm³/mol. The Morgan fingerprint density at radius 2 is 1.83 bits per heavy atom. The number of pyridine rings is 1. The van der Waals surface area contributed by atoms with Crippen molar-refractivity contribution in [2.75, 3.05) is 0 Å². The second-order valence-corrected chi connectivity index (χ2v) is 5.82. The van der Waals surface area contributed by atoms with Crippen molar-refractivity contribution in [3.05, 3.63) is 69.7 Å². The van der Waals surface area contributed by atoms with E-state index in [1.165, 1.54) is 0 Å². The standard InChI is InChI=1S/C17H15N5O2/c1-11-8-15-14(20(11)10-13-6-4-3-5-7-13)9-16(22(23)24)17-19-18-12(2)21(15)17/h3-9H,10H2,1-2H3. The van der Waals surface area contributed by atoms with Gasteiger partial charge >= 0.3 is 5.69 Å². The number of nitro groups is 1. The van der Waals surface area contributed by atoms with Crippen molar-refractivity contribution in [2.24, 2.45) is 0 Å². The van der Waals surface area contributed by atoms with Crippen molar-refractivity contribution in [2.45, 2.75) is 20.4 Å². The number of aromatic nitrogens is 4. The summed E-state index contributed by atoms with van der Waals surface area (Å²) >= 11 is 0. The first-order chi connectivity index (χ1) is 11.6. The van der Waals surface area contributed by atoms with Gasteiger partial charge in [0.25, 0.3) is 0 Å². The molecule has 0 N–H and O–H groups in total. The highest BCUT2D eigenvalue weighted by atomic mass is 16.6. The van der Waals surface area contributed by atoms with E-state index in [-0.39, 0.29) is 11.3 Å². The molecular formula is C17H15N5O2. The topological polar surface area (TPSA) is 78.3 Å². The first-order valence-electron chi connectivity index (χ1n) is 7.59. The molecule has 0 radical (unpaired) electrons. The van der Waals surface area contributed by atoms with Gasteiger partial charge in [-0.15, -0.1) is 10.2 Å². The Balaban J connectivity index is 2.03. The smallest absolute Gasteiger partial charge is 0.316 e. The Labute approximate surface area is 137 Å². The molecule has 3 heterocycles. The zero-order valence-corrected chi connectivity index (χ0v) is 13.3. The summed E-state index contributed by atoms with van der Waals surface area (Å²) in [6, 6.07) is 13.6. The Hall–Kier alpha value is -3.22. The number of rotatable bonds is 3. The summed E-state index contributed by atoms with van der Waals surface area (Å²) in [6.45, 7) is 4.45. The van der Waals surface area contributed by atoms with Crippen LogP contribution in [0.25, 0.3) is 16.7 Å². The van der Waals surface area contributed by atoms with Crippen molar-refractivity contribution in [1.29, 1.82) is 0 Å². The van der Waals surface area contributed by atoms with Gasteiger partial charge < -0.3 is 4.57 Å². The van der Waals surface area contributed by atoms with Crippen molar-refractivity contribution in [1.82, 2.24) is 19.2 Å². The summed E-state index contributed by atoms with van der Waals surface area (Å²) in [5.74, 6) is 0.635. The highest BCUT2D eigenvalue weighted by molar-refractivity contribution is 5.86. The Morgan fingerprint density at radius 3 is 2.54 bits per heavy atom. The predicted octanol–water partition coefficient (Wildman–Crippen LogP) is 3.26. The molecular weight excluding hydrogens is 306 g/mol. The summed E-state index contributed by atoms with van der Waals surface area (Å²) in [5.41, 5.74) is 4.10. The normalized spacial score (nSPS) is 11.4. The minimum Gasteiger partial charge on any atom is -0.339 e. The van der Waals surface area contributed by atoms with Gasteiger partial charge in [-0.05, 0) is 25.5 Å². The monoisotopic (exact) mass is 321 g/mol. The van der Waals surface area contributed by atoms with Crippen molar-refractivity contribution >= 4 is 22.4 Å². The number of nitrogens with zero attached hydrogens (tertiary/aromatic N) is 5. The third-order valence-electron chi connectivity index (χ3n) is 4.27. The Kier molecular flexibility index (Phi) is 3.09. The van der Waals surface area contributed by atoms with Crippen LogP contribution in [0, 0.1) is 24.0 Å². The molecule has 1 aromatic carbocycles. The van der Waals surface area contributed by atoms with E-state index in [2.05, 4.69) is 14.8 Å². The van der Waals surface area contributed by atoms with Gasteiger partial charge in [-0.2, -0.15) is 0 Å². The molecule has 0 aliphatic carbocycles. The average molecular weight is 321 g/mol. The van der Waals surface area contributed by atoms with Crippen LogP contribution in [0.4, 0.5) is 5.69 Å². The number of benzene rings is 1. The Bertz CT molecular complexity index is 1080. The summed E-state index contributed by atoms with van der Waals surface area (Å²) in [5, 5.41) is 19.4. The van der Waals surface area contributed by atoms with Crippen LogP contribution in [-0.4, -0.2) is 24.1 Å². The van der Waals surface area contributed by atoms with Crippen LogP contribution in [0.1, 0.15) is 17.1 Å². The second kappa shape index (κ2) is 5.16. The van der Waals surface area contributed by atoms with E-state index >= 15 is 0 Å². The van der Waals surface area contributed by atoms with Gasteiger partial charge in [0.1, 0.15) is 5.82 Å². The van der Waals surface area contributed by atoms with E-state index in [9.17, 15) is 10.1 Å². The van der Waals surface area contributed by atoms with E-state index < -0.39 is 4.92 Å². The Morgan fingerprint density at radius 1 is 1.08 bits per heavy atom. The third-order valence-corrected chi connectivity index (χ3v) is 4.27. The minimum absolute atomic E-state index is 0.0319. The molecule has 4 aromatic rings. The molecule has 7 heteroatoms. The van der Waals surface area contributed by atoms with Crippen LogP contribution in [0.15, 0.2) is 42.5 Å². The molecule has 0 fully saturated rings. The quantitative estimate of drug-likeness (QED) is 0.428. The van der Waals surface area contributed by atoms with Gasteiger partial charge in [-0.25, -0.2) is 0 Å². The lowest BCUT2D eigenvalue weighted by Gasteiger charge is -2.09. The lowest BCUT2D eigenvalue weighted by molar-refractivity contribution is -0.383. The fourth-order valence-corrected chi connectivity index (χ4v) is 3.13. The highest BCUT2D eigenvalue weighted by Gasteiger charge is 2.22. The highest BCUT2D eigenvalue weighted by Crippen LogP contribution is 2.29. The molecule has 7 nitrogen and oxygen atoms in total. The van der Waals surface area contributed by atoms with Crippen LogP contribution < -0.4 is 0 Å². The zero-order valence-electron chi connectivity index (χ0n) is 13.3. The number of hydrogen-bond donors (Lipinski definition) is 0. The first-order valence-corrected chi connectivity index (χ1v) is 7.59. The molecule has 0 saturated heterocycles. The SMILES string of the molecule is Cc1cc2c(cc([N+](=O)[O-])c3nnc(C)n32)n1Cc1ccccc1. The molecule has 0 spiro atoms. The maximum Gasteiger partial charge on any atom is 0.316 e. The van der Waals surface area contributed by atoms with E-state index in [0.717, 1.165) is 22.3 Å². The fourth-order valence-electron chi connectivity index (χ4n) is 3.13. The van der Waals surface area contributed by atoms with Crippen LogP contribution in [0.2, 0.25) is 0 Å². The van der Waals surface area contributed by atoms with Gasteiger partial charge in [0.15, 0.2) is 0 Å². The minimum atomic E-state index is -0.405. The molecule has 24 heavy (non-hydrogen) atoms. The van der Waals surface area contributed by atoms with Crippen molar-refractivity contribution in [3.63, 3.8) is 0 Å². The lowest BCUT2D eigenvalue weighted by atomic mass is 10.2. The van der Waals surface area contributed by atoms with Gasteiger partial charge in [0.2, 0.25) is 5.65 Å². The van der Waals surface area contributed by atoms with Crippen LogP contribution in [0.5, 0.6) is 0 Å². The molecule has 0 aliphatic rings. The number of fused-ring (bicyclic) bond motifs is 3. The van der Waals surface area contributed by atoms with Gasteiger partial charge in [-0.3, -0.25) is 14.5 Å². The zero-order chi connectivity index (χ0) is 16.8. The molecule has 0 unspecified atom stereocenters. The maximum atomic E-state index is 11.5. The van der Waals surface area contributed by atoms with E-state index in [4.69, 9.17) is 0 Å². The van der Waals surface area contributed by atoms with Gasteiger partial charge in [-0.1, -0.05) is 30.3 Å². The van der Waals surface area contributed by atoms with Crippen LogP contribution >= 0.6 is 0 Å². The van der Waals surface area contributed by atoms with E-state index in [1.54, 1.807) is 17.4 Å². The van der Waals surface area contributed by atoms with Crippen molar-refractivity contribution in [3.8, 4) is 0 Å². The van der Waals surface area contributed by atoms with Crippen LogP contribution in [0.3, 0.4) is 0 Å². The van der Waals surface area contributed by atoms with Gasteiger partial charge in [0, 0.05) is 18.3 Å². The van der Waals surface area contributed by atoms with E-state index in [1.807, 2.05) is 43.3 Å². The first kappa shape index (κ1) is 14.4. The molecule has 0 saturated carbocycles. The summed E-state index contributed by atoms with van der Waals surface area (Å²) in [4.78, 5) is 11.1. The summed E-state index contributed by atoms with van der Waals surface area (Å²) in [7, 11) is 0. The molecule has 0 atom stereocenters. The second-order valence-electron chi connectivity index (χ2n) is 5.82. The molecule has 0 bridgehead atoms.